The Morgan fingerprint density at radius 1 is 1.00 bits per heavy atom. The Bertz CT molecular complexity index is 1190. The molecule has 0 radical (unpaired) electrons. The average Bonchev–Trinajstić information content (AvgIpc) is 3.27. The molecule has 200 valence electrons. The van der Waals surface area contributed by atoms with Gasteiger partial charge in [-0.25, -0.2) is 4.72 Å². The van der Waals surface area contributed by atoms with E-state index in [9.17, 15) is 14.2 Å². The van der Waals surface area contributed by atoms with Crippen molar-refractivity contribution < 1.29 is 28.4 Å². The maximum atomic E-state index is 9.71. The molecule has 1 atom stereocenters. The number of fused-ring (bicyclic) bond motifs is 1. The number of hydrogen-bond donors (Lipinski definition) is 4. The van der Waals surface area contributed by atoms with E-state index in [1.807, 2.05) is 36.4 Å². The summed E-state index contributed by atoms with van der Waals surface area (Å²) in [5.41, 5.74) is 6.69. The van der Waals surface area contributed by atoms with Gasteiger partial charge in [-0.3, -0.25) is 9.11 Å². The summed E-state index contributed by atoms with van der Waals surface area (Å²) in [6.07, 6.45) is 0.705. The molecule has 0 fully saturated rings. The predicted molar refractivity (Wildman–Crippen MR) is 149 cm³/mol. The number of benzene rings is 3. The lowest BCUT2D eigenvalue weighted by atomic mass is 9.94. The van der Waals surface area contributed by atoms with Crippen molar-refractivity contribution in [2.75, 3.05) is 32.1 Å². The maximum absolute atomic E-state index is 9.71. The summed E-state index contributed by atoms with van der Waals surface area (Å²) >= 11 is 0. The highest BCUT2D eigenvalue weighted by molar-refractivity contribution is 8.22. The van der Waals surface area contributed by atoms with Crippen LogP contribution in [0.25, 0.3) is 11.1 Å². The molecule has 1 heterocycles. The van der Waals surface area contributed by atoms with Crippen LogP contribution in [0.5, 0.6) is 17.2 Å². The van der Waals surface area contributed by atoms with Crippen molar-refractivity contribution in [3.8, 4) is 28.4 Å². The highest BCUT2D eigenvalue weighted by Gasteiger charge is 2.24. The third kappa shape index (κ3) is 6.97. The molecule has 4 N–H and O–H groups in total. The van der Waals surface area contributed by atoms with E-state index in [0.29, 0.717) is 32.8 Å². The Morgan fingerprint density at radius 2 is 1.78 bits per heavy atom. The molecule has 3 aromatic carbocycles. The Balaban J connectivity index is 1.40. The number of aliphatic hydroxyl groups excluding tert-OH is 1. The van der Waals surface area contributed by atoms with Gasteiger partial charge in [-0.1, -0.05) is 24.3 Å². The molecule has 0 bridgehead atoms. The first-order valence-electron chi connectivity index (χ1n) is 12.6. The van der Waals surface area contributed by atoms with Crippen LogP contribution in [-0.4, -0.2) is 46.3 Å². The van der Waals surface area contributed by atoms with Gasteiger partial charge < -0.3 is 19.3 Å². The molecule has 0 saturated heterocycles. The fourth-order valence-corrected chi connectivity index (χ4v) is 5.28. The molecule has 7 nitrogen and oxygen atoms in total. The second kappa shape index (κ2) is 12.2. The molecule has 0 aromatic heterocycles. The minimum absolute atomic E-state index is 0.157. The summed E-state index contributed by atoms with van der Waals surface area (Å²) in [5.74, 6) is 2.88. The predicted octanol–water partition coefficient (Wildman–Crippen LogP) is 6.06. The van der Waals surface area contributed by atoms with Crippen molar-refractivity contribution in [2.45, 2.75) is 39.7 Å². The SMILES string of the molecule is CCS(O)(O)NCCOc1cc(C)c(-c2cccc(COc3ccc4c(c3)OCC4CCO)c2)c(C)c1. The minimum atomic E-state index is -2.72. The van der Waals surface area contributed by atoms with Crippen LogP contribution in [0, 0.1) is 13.8 Å². The zero-order valence-corrected chi connectivity index (χ0v) is 22.5. The fraction of sp³-hybridized carbons (Fsp3) is 0.379. The molecule has 8 heteroatoms. The third-order valence-corrected chi connectivity index (χ3v) is 8.05. The van der Waals surface area contributed by atoms with Crippen molar-refractivity contribution >= 4 is 10.8 Å². The zero-order valence-electron chi connectivity index (χ0n) is 21.7. The van der Waals surface area contributed by atoms with E-state index in [1.165, 1.54) is 0 Å². The van der Waals surface area contributed by atoms with Crippen LogP contribution >= 0.6 is 10.8 Å². The van der Waals surface area contributed by atoms with Gasteiger partial charge in [-0.15, -0.1) is 10.8 Å². The number of aryl methyl sites for hydroxylation is 2. The van der Waals surface area contributed by atoms with Gasteiger partial charge in [-0.05, 0) is 79.3 Å². The monoisotopic (exact) mass is 527 g/mol. The van der Waals surface area contributed by atoms with Crippen LogP contribution in [0.15, 0.2) is 54.6 Å². The van der Waals surface area contributed by atoms with E-state index >= 15 is 0 Å². The molecular formula is C29H37NO6S. The Labute approximate surface area is 220 Å². The maximum Gasteiger partial charge on any atom is 0.126 e. The van der Waals surface area contributed by atoms with E-state index in [0.717, 1.165) is 50.6 Å². The lowest BCUT2D eigenvalue weighted by molar-refractivity contribution is 0.254. The molecule has 1 aliphatic rings. The standard InChI is InChI=1S/C29H37NO6S/c1-4-37(32,33)30-11-13-34-26-14-20(2)29(21(3)15-26)23-7-5-6-22(16-23)18-35-25-8-9-27-24(10-12-31)19-36-28(27)17-25/h5-9,14-17,24,30-33H,4,10-13,18-19H2,1-3H3. The van der Waals surface area contributed by atoms with E-state index in [-0.39, 0.29) is 18.3 Å². The lowest BCUT2D eigenvalue weighted by Gasteiger charge is -2.31. The highest BCUT2D eigenvalue weighted by Crippen LogP contribution is 2.38. The molecule has 0 amide bonds. The number of aliphatic hydroxyl groups is 1. The van der Waals surface area contributed by atoms with Crippen LogP contribution < -0.4 is 18.9 Å². The molecule has 4 rings (SSSR count). The summed E-state index contributed by atoms with van der Waals surface area (Å²) in [7, 11) is -2.72. The first-order chi connectivity index (χ1) is 17.8. The van der Waals surface area contributed by atoms with Crippen molar-refractivity contribution in [1.82, 2.24) is 4.72 Å². The topological polar surface area (TPSA) is 100 Å². The summed E-state index contributed by atoms with van der Waals surface area (Å²) in [6, 6.07) is 18.3. The number of hydrogen-bond acceptors (Lipinski definition) is 7. The highest BCUT2D eigenvalue weighted by atomic mass is 32.3. The van der Waals surface area contributed by atoms with Gasteiger partial charge in [0.2, 0.25) is 0 Å². The lowest BCUT2D eigenvalue weighted by Crippen LogP contribution is -2.26. The first kappa shape index (κ1) is 27.3. The normalized spacial score (nSPS) is 15.2. The molecule has 1 unspecified atom stereocenters. The summed E-state index contributed by atoms with van der Waals surface area (Å²) in [6.45, 7) is 7.77. The van der Waals surface area contributed by atoms with Crippen molar-refractivity contribution in [3.05, 3.63) is 76.9 Å². The van der Waals surface area contributed by atoms with Crippen LogP contribution in [0.2, 0.25) is 0 Å². The third-order valence-electron chi connectivity index (χ3n) is 6.58. The summed E-state index contributed by atoms with van der Waals surface area (Å²) in [5, 5.41) is 9.24. The Hall–Kier alpha value is -2.75. The Kier molecular flexibility index (Phi) is 9.00. The minimum Gasteiger partial charge on any atom is -0.493 e. The van der Waals surface area contributed by atoms with Crippen molar-refractivity contribution in [3.63, 3.8) is 0 Å². The molecule has 1 aliphatic heterocycles. The molecule has 0 saturated carbocycles. The molecule has 37 heavy (non-hydrogen) atoms. The largest absolute Gasteiger partial charge is 0.493 e. The molecular weight excluding hydrogens is 490 g/mol. The summed E-state index contributed by atoms with van der Waals surface area (Å²) in [4.78, 5) is 0. The van der Waals surface area contributed by atoms with Crippen LogP contribution in [0.3, 0.4) is 0 Å². The zero-order chi connectivity index (χ0) is 26.4. The smallest absolute Gasteiger partial charge is 0.126 e. The van der Waals surface area contributed by atoms with Crippen LogP contribution in [0.1, 0.15) is 41.5 Å². The average molecular weight is 528 g/mol. The van der Waals surface area contributed by atoms with Crippen molar-refractivity contribution in [2.24, 2.45) is 0 Å². The van der Waals surface area contributed by atoms with E-state index in [1.54, 1.807) is 6.92 Å². The molecule has 0 spiro atoms. The van der Waals surface area contributed by atoms with Crippen molar-refractivity contribution in [1.29, 1.82) is 0 Å². The molecule has 0 aliphatic carbocycles. The summed E-state index contributed by atoms with van der Waals surface area (Å²) < 4.78 is 39.9. The second-order valence-corrected chi connectivity index (χ2v) is 11.5. The number of nitrogens with one attached hydrogen (secondary N) is 1. The molecule has 3 aromatic rings. The van der Waals surface area contributed by atoms with Crippen LogP contribution in [0.4, 0.5) is 0 Å². The quantitative estimate of drug-likeness (QED) is 0.212. The van der Waals surface area contributed by atoms with Gasteiger partial charge in [0.1, 0.15) is 30.5 Å². The van der Waals surface area contributed by atoms with Gasteiger partial charge in [0, 0.05) is 36.5 Å². The van der Waals surface area contributed by atoms with E-state index in [2.05, 4.69) is 36.8 Å². The van der Waals surface area contributed by atoms with Crippen LogP contribution in [-0.2, 0) is 6.61 Å². The number of ether oxygens (including phenoxy) is 3. The van der Waals surface area contributed by atoms with Gasteiger partial charge in [0.25, 0.3) is 0 Å². The van der Waals surface area contributed by atoms with Gasteiger partial charge in [0.05, 0.1) is 6.61 Å². The van der Waals surface area contributed by atoms with E-state index in [4.69, 9.17) is 14.2 Å². The van der Waals surface area contributed by atoms with E-state index < -0.39 is 10.8 Å². The van der Waals surface area contributed by atoms with Gasteiger partial charge in [-0.2, -0.15) is 0 Å². The van der Waals surface area contributed by atoms with Gasteiger partial charge in [0.15, 0.2) is 0 Å². The number of rotatable bonds is 12. The first-order valence-corrected chi connectivity index (χ1v) is 14.4. The van der Waals surface area contributed by atoms with Gasteiger partial charge >= 0.3 is 0 Å². The second-order valence-electron chi connectivity index (χ2n) is 9.34. The Morgan fingerprint density at radius 3 is 2.51 bits per heavy atom. The fourth-order valence-electron chi connectivity index (χ4n) is 4.66.